The lowest BCUT2D eigenvalue weighted by atomic mass is 9.70. The van der Waals surface area contributed by atoms with Gasteiger partial charge in [-0.05, 0) is 85.4 Å². The Labute approximate surface area is 226 Å². The molecule has 4 atom stereocenters. The number of amides is 2. The van der Waals surface area contributed by atoms with Crippen LogP contribution < -0.4 is 4.90 Å². The number of carbonyl (C=O) groups is 2. The van der Waals surface area contributed by atoms with Gasteiger partial charge in [-0.1, -0.05) is 35.9 Å². The first-order chi connectivity index (χ1) is 18.9. The summed E-state index contributed by atoms with van der Waals surface area (Å²) in [6.07, 6.45) is 5.26. The summed E-state index contributed by atoms with van der Waals surface area (Å²) in [5.74, 6) is -2.22. The van der Waals surface area contributed by atoms with E-state index in [-0.39, 0.29) is 35.5 Å². The number of phenolic OH excluding ortho intramolecular Hbond substituents is 1. The number of allylic oxidation sites excluding steroid dienone is 2. The van der Waals surface area contributed by atoms with Crippen molar-refractivity contribution in [3.8, 4) is 5.75 Å². The number of imide groups is 1. The fourth-order valence-corrected chi connectivity index (χ4v) is 6.39. The van der Waals surface area contributed by atoms with Gasteiger partial charge < -0.3 is 9.84 Å². The Balaban J connectivity index is 1.25. The molecular formula is C32H29FN2O4. The highest BCUT2D eigenvalue weighted by atomic mass is 19.1. The van der Waals surface area contributed by atoms with Gasteiger partial charge in [-0.15, -0.1) is 0 Å². The predicted molar refractivity (Wildman–Crippen MR) is 146 cm³/mol. The molecule has 1 aromatic heterocycles. The van der Waals surface area contributed by atoms with Crippen LogP contribution >= 0.6 is 0 Å². The molecule has 2 aliphatic heterocycles. The molecule has 2 fully saturated rings. The van der Waals surface area contributed by atoms with Crippen molar-refractivity contribution < 1.29 is 23.8 Å². The quantitative estimate of drug-likeness (QED) is 0.326. The summed E-state index contributed by atoms with van der Waals surface area (Å²) in [5.41, 5.74) is 5.22. The summed E-state index contributed by atoms with van der Waals surface area (Å²) in [5, 5.41) is 9.58. The fraction of sp³-hybridized carbons (Fsp3) is 0.281. The third kappa shape index (κ3) is 4.57. The second kappa shape index (κ2) is 10.2. The normalized spacial score (nSPS) is 24.8. The van der Waals surface area contributed by atoms with Crippen LogP contribution in [0.25, 0.3) is 11.6 Å². The number of hydrogen-bond donors (Lipinski definition) is 1. The average Bonchev–Trinajstić information content (AvgIpc) is 3.48. The molecule has 0 bridgehead atoms. The maximum Gasteiger partial charge on any atom is 0.238 e. The van der Waals surface area contributed by atoms with Crippen LogP contribution in [0.4, 0.5) is 10.1 Å². The van der Waals surface area contributed by atoms with Gasteiger partial charge >= 0.3 is 0 Å². The number of nitrogens with zero attached hydrogens (tertiary/aromatic N) is 2. The minimum Gasteiger partial charge on any atom is -0.505 e. The summed E-state index contributed by atoms with van der Waals surface area (Å²) < 4.78 is 20.3. The van der Waals surface area contributed by atoms with Crippen LogP contribution in [-0.4, -0.2) is 34.6 Å². The van der Waals surface area contributed by atoms with Crippen LogP contribution in [0.2, 0.25) is 0 Å². The second-order valence-electron chi connectivity index (χ2n) is 10.5. The van der Waals surface area contributed by atoms with Crippen molar-refractivity contribution >= 4 is 29.2 Å². The predicted octanol–water partition coefficient (Wildman–Crippen LogP) is 5.79. The number of pyridine rings is 1. The van der Waals surface area contributed by atoms with Crippen LogP contribution in [-0.2, 0) is 14.3 Å². The van der Waals surface area contributed by atoms with Gasteiger partial charge in [-0.3, -0.25) is 19.5 Å². The number of aromatic hydroxyl groups is 1. The monoisotopic (exact) mass is 524 g/mol. The number of halogens is 1. The molecule has 0 unspecified atom stereocenters. The fourth-order valence-electron chi connectivity index (χ4n) is 6.39. The van der Waals surface area contributed by atoms with E-state index in [1.807, 2.05) is 42.5 Å². The molecule has 0 spiro atoms. The Kier molecular flexibility index (Phi) is 6.61. The van der Waals surface area contributed by atoms with E-state index in [9.17, 15) is 19.1 Å². The lowest BCUT2D eigenvalue weighted by molar-refractivity contribution is -0.122. The topological polar surface area (TPSA) is 79.7 Å². The lowest BCUT2D eigenvalue weighted by Gasteiger charge is -2.30. The molecule has 7 heteroatoms. The molecule has 1 aliphatic carbocycles. The Morgan fingerprint density at radius 2 is 1.87 bits per heavy atom. The van der Waals surface area contributed by atoms with E-state index in [1.54, 1.807) is 24.4 Å². The standard InChI is InChI=1S/C32H29FN2O4/c1-19-15-23-30(32(38)35(31(23)37)22-7-3-2-4-8-22)24-18-39-28(29(19)24)13-11-21(26-9-5-6-14-34-26)16-20-10-12-27(36)25(33)17-20/h2-10,12,14,16-17,23-24,28,30,36H,11,13,15,18H2,1H3/b21-16-/t23-,24+,28-,30-/m1/s1. The summed E-state index contributed by atoms with van der Waals surface area (Å²) >= 11 is 0. The van der Waals surface area contributed by atoms with E-state index in [0.29, 0.717) is 37.1 Å². The molecule has 2 saturated heterocycles. The van der Waals surface area contributed by atoms with E-state index >= 15 is 0 Å². The van der Waals surface area contributed by atoms with Crippen molar-refractivity contribution in [1.29, 1.82) is 0 Å². The first kappa shape index (κ1) is 25.2. The molecule has 39 heavy (non-hydrogen) atoms. The van der Waals surface area contributed by atoms with E-state index < -0.39 is 11.7 Å². The number of ether oxygens (including phenoxy) is 1. The Morgan fingerprint density at radius 1 is 1.08 bits per heavy atom. The van der Waals surface area contributed by atoms with E-state index in [4.69, 9.17) is 4.74 Å². The minimum atomic E-state index is -0.677. The van der Waals surface area contributed by atoms with Crippen LogP contribution in [0.1, 0.15) is 37.4 Å². The van der Waals surface area contributed by atoms with Gasteiger partial charge in [0, 0.05) is 12.1 Å². The zero-order valence-corrected chi connectivity index (χ0v) is 21.6. The minimum absolute atomic E-state index is 0.118. The van der Waals surface area contributed by atoms with E-state index in [2.05, 4.69) is 11.9 Å². The highest BCUT2D eigenvalue weighted by Crippen LogP contribution is 2.50. The Morgan fingerprint density at radius 3 is 2.62 bits per heavy atom. The third-order valence-electron chi connectivity index (χ3n) is 8.15. The van der Waals surface area contributed by atoms with Crippen molar-refractivity contribution in [3.05, 3.63) is 101 Å². The second-order valence-corrected chi connectivity index (χ2v) is 10.5. The molecular weight excluding hydrogens is 495 g/mol. The molecule has 0 radical (unpaired) electrons. The van der Waals surface area contributed by atoms with Crippen molar-refractivity contribution in [2.75, 3.05) is 11.5 Å². The third-order valence-corrected chi connectivity index (χ3v) is 8.15. The molecule has 3 aromatic rings. The molecule has 6 nitrogen and oxygen atoms in total. The first-order valence-electron chi connectivity index (χ1n) is 13.3. The van der Waals surface area contributed by atoms with Gasteiger partial charge in [-0.2, -0.15) is 0 Å². The number of phenols is 1. The number of benzene rings is 2. The van der Waals surface area contributed by atoms with Crippen molar-refractivity contribution in [2.45, 2.75) is 32.3 Å². The van der Waals surface area contributed by atoms with Crippen molar-refractivity contribution in [2.24, 2.45) is 17.8 Å². The summed E-state index contributed by atoms with van der Waals surface area (Å²) in [6, 6.07) is 19.1. The molecule has 2 amide bonds. The number of aromatic nitrogens is 1. The number of rotatable bonds is 6. The summed E-state index contributed by atoms with van der Waals surface area (Å²) in [6.45, 7) is 2.46. The van der Waals surface area contributed by atoms with Crippen LogP contribution in [0.3, 0.4) is 0 Å². The van der Waals surface area contributed by atoms with Gasteiger partial charge in [0.05, 0.1) is 35.9 Å². The molecule has 3 aliphatic rings. The zero-order valence-electron chi connectivity index (χ0n) is 21.6. The molecule has 0 saturated carbocycles. The summed E-state index contributed by atoms with van der Waals surface area (Å²) in [7, 11) is 0. The van der Waals surface area contributed by atoms with Gasteiger partial charge in [-0.25, -0.2) is 4.39 Å². The number of carbonyl (C=O) groups excluding carboxylic acids is 2. The van der Waals surface area contributed by atoms with Gasteiger partial charge in [0.25, 0.3) is 0 Å². The highest BCUT2D eigenvalue weighted by Gasteiger charge is 2.56. The smallest absolute Gasteiger partial charge is 0.238 e. The summed E-state index contributed by atoms with van der Waals surface area (Å²) in [4.78, 5) is 32.8. The van der Waals surface area contributed by atoms with E-state index in [0.717, 1.165) is 22.4 Å². The van der Waals surface area contributed by atoms with Gasteiger partial charge in [0.1, 0.15) is 0 Å². The molecule has 1 N–H and O–H groups in total. The Bertz CT molecular complexity index is 1480. The largest absolute Gasteiger partial charge is 0.505 e. The number of hydrogen-bond acceptors (Lipinski definition) is 5. The Hall–Kier alpha value is -4.10. The van der Waals surface area contributed by atoms with Gasteiger partial charge in [0.2, 0.25) is 11.8 Å². The zero-order chi connectivity index (χ0) is 27.1. The average molecular weight is 525 g/mol. The van der Waals surface area contributed by atoms with E-state index in [1.165, 1.54) is 17.0 Å². The number of fused-ring (bicyclic) bond motifs is 3. The SMILES string of the molecule is CC1=C2[C@@H](CC/C(=C/c3ccc(O)c(F)c3)c3ccccn3)OC[C@@H]2[C@@H]2C(=O)N(c3ccccc3)C(=O)[C@@H]2C1. The molecule has 198 valence electrons. The molecule has 2 aromatic carbocycles. The lowest BCUT2D eigenvalue weighted by Crippen LogP contribution is -2.34. The maximum atomic E-state index is 14.0. The van der Waals surface area contributed by atoms with Crippen LogP contribution in [0, 0.1) is 23.6 Å². The van der Waals surface area contributed by atoms with Crippen LogP contribution in [0.5, 0.6) is 5.75 Å². The molecule has 6 rings (SSSR count). The highest BCUT2D eigenvalue weighted by molar-refractivity contribution is 6.22. The van der Waals surface area contributed by atoms with Gasteiger partial charge in [0.15, 0.2) is 11.6 Å². The van der Waals surface area contributed by atoms with Crippen LogP contribution in [0.15, 0.2) is 84.1 Å². The van der Waals surface area contributed by atoms with Crippen molar-refractivity contribution in [3.63, 3.8) is 0 Å². The molecule has 3 heterocycles. The number of para-hydroxylation sites is 1. The number of anilines is 1. The maximum absolute atomic E-state index is 14.0. The first-order valence-corrected chi connectivity index (χ1v) is 13.3. The van der Waals surface area contributed by atoms with Crippen molar-refractivity contribution in [1.82, 2.24) is 4.98 Å².